The van der Waals surface area contributed by atoms with Crippen LogP contribution in [0.25, 0.3) is 0 Å². The quantitative estimate of drug-likeness (QED) is 0.0417. The SMILES string of the molecule is CCCCCCCCCCCCCCC(=O)OCCCCCCCCCCCCCCCCCCCCCCCCCCCCCCCCCC(=O)NC(CO)C(O)CCCCCCCCCCCC. The molecule has 0 aromatic carbocycles. The molecule has 0 spiro atoms. The molecule has 3 N–H and O–H groups in total. The van der Waals surface area contributed by atoms with E-state index in [0.29, 0.717) is 25.9 Å². The summed E-state index contributed by atoms with van der Waals surface area (Å²) >= 11 is 0. The zero-order valence-electron chi connectivity index (χ0n) is 47.8. The Morgan fingerprint density at radius 3 is 0.871 bits per heavy atom. The number of ether oxygens (including phenoxy) is 1. The number of nitrogens with one attached hydrogen (secondary N) is 1. The summed E-state index contributed by atoms with van der Waals surface area (Å²) in [6, 6.07) is -0.535. The topological polar surface area (TPSA) is 95.9 Å². The van der Waals surface area contributed by atoms with Crippen LogP contribution in [0.3, 0.4) is 0 Å². The first kappa shape index (κ1) is 68.9. The molecule has 0 aliphatic heterocycles. The third-order valence-electron chi connectivity index (χ3n) is 15.4. The van der Waals surface area contributed by atoms with Crippen molar-refractivity contribution in [3.05, 3.63) is 0 Å². The Balaban J connectivity index is 3.28. The largest absolute Gasteiger partial charge is 0.466 e. The zero-order chi connectivity index (χ0) is 50.7. The number of aliphatic hydroxyl groups excluding tert-OH is 2. The van der Waals surface area contributed by atoms with Crippen molar-refractivity contribution in [2.75, 3.05) is 13.2 Å². The van der Waals surface area contributed by atoms with Crippen molar-refractivity contribution in [1.82, 2.24) is 5.32 Å². The lowest BCUT2D eigenvalue weighted by atomic mass is 10.0. The van der Waals surface area contributed by atoms with Crippen LogP contribution in [0.1, 0.15) is 373 Å². The van der Waals surface area contributed by atoms with Gasteiger partial charge < -0.3 is 20.3 Å². The molecule has 418 valence electrons. The lowest BCUT2D eigenvalue weighted by Crippen LogP contribution is -2.45. The number of carbonyl (C=O) groups is 2. The summed E-state index contributed by atoms with van der Waals surface area (Å²) in [6.45, 7) is 4.97. The fourth-order valence-corrected chi connectivity index (χ4v) is 10.5. The lowest BCUT2D eigenvalue weighted by Gasteiger charge is -2.22. The van der Waals surface area contributed by atoms with E-state index < -0.39 is 12.1 Å². The molecule has 0 saturated heterocycles. The molecule has 6 heteroatoms. The highest BCUT2D eigenvalue weighted by Gasteiger charge is 2.20. The van der Waals surface area contributed by atoms with Crippen LogP contribution < -0.4 is 5.32 Å². The second-order valence-electron chi connectivity index (χ2n) is 22.5. The van der Waals surface area contributed by atoms with Crippen LogP contribution in [0, 0.1) is 0 Å². The first-order valence-corrected chi connectivity index (χ1v) is 32.3. The van der Waals surface area contributed by atoms with E-state index in [4.69, 9.17) is 4.74 Å². The average Bonchev–Trinajstić information content (AvgIpc) is 3.36. The Morgan fingerprint density at radius 1 is 0.343 bits per heavy atom. The summed E-state index contributed by atoms with van der Waals surface area (Å²) in [5.74, 6) is -0.00814. The van der Waals surface area contributed by atoms with Crippen molar-refractivity contribution in [2.45, 2.75) is 386 Å². The highest BCUT2D eigenvalue weighted by Crippen LogP contribution is 2.19. The predicted octanol–water partition coefficient (Wildman–Crippen LogP) is 20.3. The molecule has 70 heavy (non-hydrogen) atoms. The van der Waals surface area contributed by atoms with E-state index in [0.717, 1.165) is 38.5 Å². The second-order valence-corrected chi connectivity index (χ2v) is 22.5. The minimum Gasteiger partial charge on any atom is -0.466 e. The van der Waals surface area contributed by atoms with Crippen LogP contribution in [0.15, 0.2) is 0 Å². The van der Waals surface area contributed by atoms with Crippen LogP contribution in [-0.2, 0) is 14.3 Å². The minimum absolute atomic E-state index is 0.0221. The third-order valence-corrected chi connectivity index (χ3v) is 15.4. The van der Waals surface area contributed by atoms with Gasteiger partial charge in [-0.3, -0.25) is 9.59 Å². The second kappa shape index (κ2) is 60.4. The van der Waals surface area contributed by atoms with Crippen molar-refractivity contribution < 1.29 is 24.5 Å². The first-order valence-electron chi connectivity index (χ1n) is 32.3. The van der Waals surface area contributed by atoms with Gasteiger partial charge in [-0.05, 0) is 25.7 Å². The van der Waals surface area contributed by atoms with Crippen LogP contribution in [0.5, 0.6) is 0 Å². The van der Waals surface area contributed by atoms with Crippen molar-refractivity contribution in [1.29, 1.82) is 0 Å². The van der Waals surface area contributed by atoms with Gasteiger partial charge in [-0.2, -0.15) is 0 Å². The molecule has 0 fully saturated rings. The number of rotatable bonds is 61. The van der Waals surface area contributed by atoms with E-state index in [1.54, 1.807) is 0 Å². The van der Waals surface area contributed by atoms with Gasteiger partial charge in [-0.25, -0.2) is 0 Å². The van der Waals surface area contributed by atoms with E-state index in [9.17, 15) is 19.8 Å². The summed E-state index contributed by atoms with van der Waals surface area (Å²) in [5, 5.41) is 23.2. The number of hydrogen-bond acceptors (Lipinski definition) is 5. The molecule has 0 aromatic rings. The summed E-state index contributed by atoms with van der Waals surface area (Å²) < 4.78 is 5.48. The first-order chi connectivity index (χ1) is 34.5. The van der Waals surface area contributed by atoms with Gasteiger partial charge in [0, 0.05) is 12.8 Å². The Morgan fingerprint density at radius 2 is 0.586 bits per heavy atom. The smallest absolute Gasteiger partial charge is 0.305 e. The van der Waals surface area contributed by atoms with Gasteiger partial charge in [0.25, 0.3) is 0 Å². The molecule has 0 aliphatic carbocycles. The predicted molar refractivity (Wildman–Crippen MR) is 306 cm³/mol. The van der Waals surface area contributed by atoms with E-state index in [2.05, 4.69) is 19.2 Å². The Bertz CT molecular complexity index is 1010. The van der Waals surface area contributed by atoms with E-state index in [1.165, 1.54) is 302 Å². The number of esters is 1. The van der Waals surface area contributed by atoms with Crippen molar-refractivity contribution in [3.63, 3.8) is 0 Å². The van der Waals surface area contributed by atoms with Gasteiger partial charge in [-0.15, -0.1) is 0 Å². The molecule has 0 aromatic heterocycles. The average molecular weight is 991 g/mol. The maximum atomic E-state index is 12.4. The van der Waals surface area contributed by atoms with E-state index in [-0.39, 0.29) is 18.5 Å². The van der Waals surface area contributed by atoms with Gasteiger partial charge in [0.1, 0.15) is 0 Å². The van der Waals surface area contributed by atoms with Crippen LogP contribution in [0.4, 0.5) is 0 Å². The van der Waals surface area contributed by atoms with Gasteiger partial charge in [0.15, 0.2) is 0 Å². The van der Waals surface area contributed by atoms with Crippen LogP contribution in [-0.4, -0.2) is 47.4 Å². The molecule has 6 nitrogen and oxygen atoms in total. The van der Waals surface area contributed by atoms with E-state index in [1.807, 2.05) is 0 Å². The highest BCUT2D eigenvalue weighted by molar-refractivity contribution is 5.76. The molecule has 0 saturated carbocycles. The van der Waals surface area contributed by atoms with Gasteiger partial charge in [0.2, 0.25) is 5.91 Å². The standard InChI is InChI=1S/C64H127NO5/c1-3-5-7-9-11-13-15-38-42-46-50-54-58-64(69)70-59-55-51-47-43-39-36-34-32-30-28-26-24-22-20-18-16-17-19-21-23-25-27-29-31-33-35-37-41-45-49-53-57-63(68)65-61(60-66)62(67)56-52-48-44-40-14-12-10-8-6-4-2/h61-62,66-67H,3-60H2,1-2H3,(H,65,68). The summed E-state index contributed by atoms with van der Waals surface area (Å²) in [7, 11) is 0. The zero-order valence-corrected chi connectivity index (χ0v) is 47.8. The molecule has 0 aliphatic rings. The van der Waals surface area contributed by atoms with Gasteiger partial charge in [-0.1, -0.05) is 335 Å². The summed E-state index contributed by atoms with van der Waals surface area (Å²) in [6.07, 6.45) is 71.5. The number of amides is 1. The van der Waals surface area contributed by atoms with Crippen molar-refractivity contribution >= 4 is 11.9 Å². The fourth-order valence-electron chi connectivity index (χ4n) is 10.5. The molecular formula is C64H127NO5. The fraction of sp³-hybridized carbons (Fsp3) is 0.969. The van der Waals surface area contributed by atoms with Crippen LogP contribution in [0.2, 0.25) is 0 Å². The number of unbranched alkanes of at least 4 members (excludes halogenated alkanes) is 50. The third kappa shape index (κ3) is 56.2. The molecule has 0 radical (unpaired) electrons. The van der Waals surface area contributed by atoms with Crippen molar-refractivity contribution in [2.24, 2.45) is 0 Å². The number of hydrogen-bond donors (Lipinski definition) is 3. The Labute approximate surface area is 438 Å². The number of aliphatic hydroxyl groups is 2. The van der Waals surface area contributed by atoms with Gasteiger partial charge >= 0.3 is 5.97 Å². The maximum Gasteiger partial charge on any atom is 0.305 e. The Hall–Kier alpha value is -1.14. The molecule has 1 amide bonds. The lowest BCUT2D eigenvalue weighted by molar-refractivity contribution is -0.143. The Kier molecular flexibility index (Phi) is 59.4. The highest BCUT2D eigenvalue weighted by atomic mass is 16.5. The molecule has 0 heterocycles. The van der Waals surface area contributed by atoms with E-state index >= 15 is 0 Å². The maximum absolute atomic E-state index is 12.4. The normalized spacial score (nSPS) is 12.5. The molecule has 0 rings (SSSR count). The molecular weight excluding hydrogens is 863 g/mol. The molecule has 2 unspecified atom stereocenters. The van der Waals surface area contributed by atoms with Crippen molar-refractivity contribution in [3.8, 4) is 0 Å². The van der Waals surface area contributed by atoms with Gasteiger partial charge in [0.05, 0.1) is 25.4 Å². The summed E-state index contributed by atoms with van der Waals surface area (Å²) in [4.78, 5) is 24.5. The summed E-state index contributed by atoms with van der Waals surface area (Å²) in [5.41, 5.74) is 0. The molecule has 0 bridgehead atoms. The number of carbonyl (C=O) groups excluding carboxylic acids is 2. The molecule has 2 atom stereocenters. The monoisotopic (exact) mass is 990 g/mol. The minimum atomic E-state index is -0.658. The van der Waals surface area contributed by atoms with Crippen LogP contribution >= 0.6 is 0 Å².